The van der Waals surface area contributed by atoms with Crippen LogP contribution < -0.4 is 11.1 Å². The van der Waals surface area contributed by atoms with E-state index in [4.69, 9.17) is 10.5 Å². The van der Waals surface area contributed by atoms with Crippen LogP contribution in [0.15, 0.2) is 0 Å². The van der Waals surface area contributed by atoms with E-state index < -0.39 is 17.6 Å². The number of esters is 1. The largest absolute Gasteiger partial charge is 0.458 e. The summed E-state index contributed by atoms with van der Waals surface area (Å²) in [6.07, 6.45) is 1.34. The smallest absolute Gasteiger partial charge is 0.329 e. The van der Waals surface area contributed by atoms with Gasteiger partial charge in [-0.15, -0.1) is 0 Å². The minimum atomic E-state index is -0.597. The Hall–Kier alpha value is -1.10. The van der Waals surface area contributed by atoms with Crippen LogP contribution in [0.2, 0.25) is 0 Å². The van der Waals surface area contributed by atoms with Gasteiger partial charge < -0.3 is 15.8 Å². The minimum absolute atomic E-state index is 0.122. The van der Waals surface area contributed by atoms with Crippen LogP contribution in [0.5, 0.6) is 0 Å². The highest BCUT2D eigenvalue weighted by Gasteiger charge is 2.25. The third kappa shape index (κ3) is 6.40. The highest BCUT2D eigenvalue weighted by molar-refractivity contribution is 5.85. The highest BCUT2D eigenvalue weighted by atomic mass is 16.6. The molecule has 5 heteroatoms. The molecule has 0 saturated carbocycles. The van der Waals surface area contributed by atoms with Crippen molar-refractivity contribution in [2.45, 2.75) is 52.2 Å². The molecule has 0 rings (SSSR count). The number of hydrogen-bond donors (Lipinski definition) is 2. The zero-order valence-corrected chi connectivity index (χ0v) is 10.5. The van der Waals surface area contributed by atoms with E-state index in [1.54, 1.807) is 20.8 Å². The van der Waals surface area contributed by atoms with E-state index in [1.807, 2.05) is 6.92 Å². The molecule has 0 fully saturated rings. The summed E-state index contributed by atoms with van der Waals surface area (Å²) in [6, 6.07) is -0.597. The summed E-state index contributed by atoms with van der Waals surface area (Å²) in [4.78, 5) is 22.8. The maximum absolute atomic E-state index is 11.7. The SMILES string of the molecule is CCCC(NC(=O)CN)C(=O)OC(C)(C)C. The second-order valence-electron chi connectivity index (χ2n) is 4.65. The van der Waals surface area contributed by atoms with E-state index >= 15 is 0 Å². The van der Waals surface area contributed by atoms with Crippen molar-refractivity contribution in [2.75, 3.05) is 6.54 Å². The van der Waals surface area contributed by atoms with E-state index in [9.17, 15) is 9.59 Å². The number of rotatable bonds is 5. The number of amides is 1. The predicted octanol–water partition coefficient (Wildman–Crippen LogP) is 0.572. The van der Waals surface area contributed by atoms with Crippen molar-refractivity contribution in [2.24, 2.45) is 5.73 Å². The second-order valence-corrected chi connectivity index (χ2v) is 4.65. The lowest BCUT2D eigenvalue weighted by Crippen LogP contribution is -2.46. The standard InChI is InChI=1S/C11H22N2O3/c1-5-6-8(13-9(14)7-12)10(15)16-11(2,3)4/h8H,5-7,12H2,1-4H3,(H,13,14). The average Bonchev–Trinajstić information content (AvgIpc) is 2.14. The maximum Gasteiger partial charge on any atom is 0.329 e. The summed E-state index contributed by atoms with van der Waals surface area (Å²) in [6.45, 7) is 7.19. The summed E-state index contributed by atoms with van der Waals surface area (Å²) in [5.74, 6) is -0.750. The molecule has 0 aromatic carbocycles. The molecule has 0 aliphatic rings. The lowest BCUT2D eigenvalue weighted by molar-refractivity contribution is -0.158. The van der Waals surface area contributed by atoms with Crippen LogP contribution >= 0.6 is 0 Å². The van der Waals surface area contributed by atoms with Gasteiger partial charge in [0.2, 0.25) is 5.91 Å². The fourth-order valence-corrected chi connectivity index (χ4v) is 1.16. The summed E-state index contributed by atoms with van der Waals surface area (Å²) >= 11 is 0. The van der Waals surface area contributed by atoms with Gasteiger partial charge in [0.15, 0.2) is 0 Å². The molecule has 0 saturated heterocycles. The van der Waals surface area contributed by atoms with E-state index in [0.717, 1.165) is 6.42 Å². The fraction of sp³-hybridized carbons (Fsp3) is 0.818. The molecule has 0 bridgehead atoms. The lowest BCUT2D eigenvalue weighted by atomic mass is 10.1. The molecule has 0 heterocycles. The molecule has 94 valence electrons. The first-order chi connectivity index (χ1) is 7.30. The van der Waals surface area contributed by atoms with Gasteiger partial charge in [-0.25, -0.2) is 4.79 Å². The lowest BCUT2D eigenvalue weighted by Gasteiger charge is -2.24. The second kappa shape index (κ2) is 6.48. The molecule has 5 nitrogen and oxygen atoms in total. The molecule has 3 N–H and O–H groups in total. The zero-order chi connectivity index (χ0) is 12.8. The minimum Gasteiger partial charge on any atom is -0.458 e. The fourth-order valence-electron chi connectivity index (χ4n) is 1.16. The van der Waals surface area contributed by atoms with Gasteiger partial charge in [0.05, 0.1) is 6.54 Å². The number of carbonyl (C=O) groups excluding carboxylic acids is 2. The van der Waals surface area contributed by atoms with Crippen LogP contribution in [0, 0.1) is 0 Å². The first-order valence-corrected chi connectivity index (χ1v) is 5.52. The van der Waals surface area contributed by atoms with Gasteiger partial charge in [0.25, 0.3) is 0 Å². The van der Waals surface area contributed by atoms with Gasteiger partial charge in [-0.1, -0.05) is 13.3 Å². The Labute approximate surface area is 96.7 Å². The molecule has 0 aliphatic heterocycles. The van der Waals surface area contributed by atoms with Gasteiger partial charge in [-0.05, 0) is 27.2 Å². The molecule has 0 aliphatic carbocycles. The normalized spacial score (nSPS) is 13.1. The quantitative estimate of drug-likeness (QED) is 0.677. The topological polar surface area (TPSA) is 81.4 Å². The van der Waals surface area contributed by atoms with Gasteiger partial charge in [0.1, 0.15) is 11.6 Å². The first-order valence-electron chi connectivity index (χ1n) is 5.52. The third-order valence-corrected chi connectivity index (χ3v) is 1.79. The summed E-state index contributed by atoms with van der Waals surface area (Å²) in [5, 5.41) is 2.55. The molecule has 0 aromatic heterocycles. The Morgan fingerprint density at radius 1 is 1.38 bits per heavy atom. The van der Waals surface area contributed by atoms with E-state index in [0.29, 0.717) is 6.42 Å². The van der Waals surface area contributed by atoms with Crippen molar-refractivity contribution in [3.8, 4) is 0 Å². The summed E-state index contributed by atoms with van der Waals surface area (Å²) in [5.41, 5.74) is 4.63. The summed E-state index contributed by atoms with van der Waals surface area (Å²) in [7, 11) is 0. The Balaban J connectivity index is 4.40. The Morgan fingerprint density at radius 2 is 1.94 bits per heavy atom. The molecular weight excluding hydrogens is 208 g/mol. The van der Waals surface area contributed by atoms with Crippen LogP contribution in [0.1, 0.15) is 40.5 Å². The van der Waals surface area contributed by atoms with Crippen molar-refractivity contribution in [1.82, 2.24) is 5.32 Å². The molecule has 1 atom stereocenters. The van der Waals surface area contributed by atoms with Gasteiger partial charge in [-0.3, -0.25) is 4.79 Å². The molecular formula is C11H22N2O3. The number of nitrogens with two attached hydrogens (primary N) is 1. The first kappa shape index (κ1) is 14.9. The van der Waals surface area contributed by atoms with Gasteiger partial charge >= 0.3 is 5.97 Å². The summed E-state index contributed by atoms with van der Waals surface area (Å²) < 4.78 is 5.20. The molecule has 16 heavy (non-hydrogen) atoms. The number of ether oxygens (including phenoxy) is 1. The van der Waals surface area contributed by atoms with E-state index in [1.165, 1.54) is 0 Å². The molecule has 0 radical (unpaired) electrons. The predicted molar refractivity (Wildman–Crippen MR) is 61.7 cm³/mol. The van der Waals surface area contributed by atoms with Crippen molar-refractivity contribution >= 4 is 11.9 Å². The Bertz CT molecular complexity index is 246. The highest BCUT2D eigenvalue weighted by Crippen LogP contribution is 2.10. The zero-order valence-electron chi connectivity index (χ0n) is 10.5. The van der Waals surface area contributed by atoms with Gasteiger partial charge in [0, 0.05) is 0 Å². The van der Waals surface area contributed by atoms with Crippen LogP contribution in [-0.2, 0) is 14.3 Å². The van der Waals surface area contributed by atoms with E-state index in [-0.39, 0.29) is 12.5 Å². The monoisotopic (exact) mass is 230 g/mol. The van der Waals surface area contributed by atoms with E-state index in [2.05, 4.69) is 5.32 Å². The Kier molecular flexibility index (Phi) is 6.03. The Morgan fingerprint density at radius 3 is 2.31 bits per heavy atom. The van der Waals surface area contributed by atoms with Crippen LogP contribution in [-0.4, -0.2) is 30.1 Å². The van der Waals surface area contributed by atoms with Crippen molar-refractivity contribution in [3.63, 3.8) is 0 Å². The molecule has 1 unspecified atom stereocenters. The number of nitrogens with one attached hydrogen (secondary N) is 1. The third-order valence-electron chi connectivity index (χ3n) is 1.79. The maximum atomic E-state index is 11.7. The molecule has 0 spiro atoms. The van der Waals surface area contributed by atoms with Crippen LogP contribution in [0.4, 0.5) is 0 Å². The number of hydrogen-bond acceptors (Lipinski definition) is 4. The van der Waals surface area contributed by atoms with Crippen molar-refractivity contribution in [1.29, 1.82) is 0 Å². The number of carbonyl (C=O) groups is 2. The van der Waals surface area contributed by atoms with Crippen LogP contribution in [0.3, 0.4) is 0 Å². The molecule has 1 amide bonds. The average molecular weight is 230 g/mol. The van der Waals surface area contributed by atoms with Crippen molar-refractivity contribution < 1.29 is 14.3 Å². The van der Waals surface area contributed by atoms with Crippen LogP contribution in [0.25, 0.3) is 0 Å². The van der Waals surface area contributed by atoms with Gasteiger partial charge in [-0.2, -0.15) is 0 Å². The molecule has 0 aromatic rings. The van der Waals surface area contributed by atoms with Crippen molar-refractivity contribution in [3.05, 3.63) is 0 Å².